The topological polar surface area (TPSA) is 99.2 Å². The van der Waals surface area contributed by atoms with Crippen LogP contribution in [0.15, 0.2) is 60.4 Å². The van der Waals surface area contributed by atoms with Gasteiger partial charge in [-0.05, 0) is 53.3 Å². The number of hydrogen-bond donors (Lipinski definition) is 0. The van der Waals surface area contributed by atoms with Crippen molar-refractivity contribution >= 4 is 20.1 Å². The van der Waals surface area contributed by atoms with Crippen LogP contribution in [0.4, 0.5) is 13.2 Å². The van der Waals surface area contributed by atoms with Crippen LogP contribution in [0, 0.1) is 11.8 Å². The number of alkyl halides is 3. The molecule has 2 atom stereocenters. The van der Waals surface area contributed by atoms with Crippen LogP contribution in [0.5, 0.6) is 11.5 Å². The summed E-state index contributed by atoms with van der Waals surface area (Å²) in [6.07, 6.45) is 1.11. The Labute approximate surface area is 214 Å². The van der Waals surface area contributed by atoms with Gasteiger partial charge in [0.1, 0.15) is 17.3 Å². The average molecular weight is 564 g/mol. The highest BCUT2D eigenvalue weighted by Crippen LogP contribution is 2.37. The Morgan fingerprint density at radius 2 is 1.32 bits per heavy atom. The molecule has 1 aliphatic carbocycles. The lowest BCUT2D eigenvalue weighted by atomic mass is 9.83. The van der Waals surface area contributed by atoms with E-state index in [0.29, 0.717) is 11.5 Å². The fraction of sp³-hybridized carbons (Fsp3) is 0.417. The Balaban J connectivity index is 1.75. The van der Waals surface area contributed by atoms with Crippen LogP contribution in [0.2, 0.25) is 0 Å². The first-order valence-electron chi connectivity index (χ1n) is 11.2. The second-order valence-corrected chi connectivity index (χ2v) is 12.3. The van der Waals surface area contributed by atoms with Gasteiger partial charge in [0.25, 0.3) is 0 Å². The Bertz CT molecular complexity index is 1260. The summed E-state index contributed by atoms with van der Waals surface area (Å²) in [6, 6.07) is 14.0. The number of benzene rings is 2. The van der Waals surface area contributed by atoms with E-state index in [0.717, 1.165) is 11.1 Å². The van der Waals surface area contributed by atoms with E-state index in [2.05, 4.69) is 4.18 Å². The van der Waals surface area contributed by atoms with Crippen molar-refractivity contribution in [3.63, 3.8) is 0 Å². The molecule has 0 heterocycles. The van der Waals surface area contributed by atoms with Gasteiger partial charge < -0.3 is 13.7 Å². The normalized spacial score (nSPS) is 17.1. The molecule has 0 aromatic heterocycles. The summed E-state index contributed by atoms with van der Waals surface area (Å²) in [6.45, 7) is 1.82. The first-order chi connectivity index (χ1) is 17.2. The number of hydrogen-bond acceptors (Lipinski definition) is 7. The first kappa shape index (κ1) is 28.8. The van der Waals surface area contributed by atoms with Crippen molar-refractivity contribution in [1.29, 1.82) is 0 Å². The molecule has 2 aromatic carbocycles. The van der Waals surface area contributed by atoms with Crippen LogP contribution in [-0.2, 0) is 37.4 Å². The molecule has 2 aromatic rings. The number of methoxy groups -OCH3 is 2. The lowest BCUT2D eigenvalue weighted by Crippen LogP contribution is -2.37. The van der Waals surface area contributed by atoms with Crippen LogP contribution in [0.3, 0.4) is 0 Å². The summed E-state index contributed by atoms with van der Waals surface area (Å²) in [4.78, 5) is 0. The van der Waals surface area contributed by atoms with Crippen molar-refractivity contribution in [2.75, 3.05) is 20.0 Å². The largest absolute Gasteiger partial charge is 0.534 e. The first-order valence-corrected chi connectivity index (χ1v) is 14.2. The molecule has 0 radical (unpaired) electrons. The molecule has 1 unspecified atom stereocenters. The van der Waals surface area contributed by atoms with Crippen molar-refractivity contribution in [3.8, 4) is 11.5 Å². The molecule has 3 rings (SSSR count). The minimum Gasteiger partial charge on any atom is -0.497 e. The average Bonchev–Trinajstić information content (AvgIpc) is 2.80. The molecule has 0 fully saturated rings. The Morgan fingerprint density at radius 3 is 1.70 bits per heavy atom. The Kier molecular flexibility index (Phi) is 8.81. The van der Waals surface area contributed by atoms with E-state index in [1.807, 2.05) is 0 Å². The van der Waals surface area contributed by atoms with E-state index >= 15 is 0 Å². The second-order valence-electron chi connectivity index (χ2n) is 8.70. The number of rotatable bonds is 12. The second kappa shape index (κ2) is 11.3. The molecule has 0 bridgehead atoms. The third kappa shape index (κ3) is 7.39. The fourth-order valence-corrected chi connectivity index (χ4v) is 6.05. The van der Waals surface area contributed by atoms with Crippen LogP contribution in [0.25, 0.3) is 0 Å². The van der Waals surface area contributed by atoms with Crippen molar-refractivity contribution in [1.82, 2.24) is 4.31 Å². The fourth-order valence-electron chi connectivity index (χ4n) is 3.74. The number of halogens is 3. The Hall–Kier alpha value is -2.77. The number of nitrogens with zero attached hydrogens (tertiary/aromatic N) is 1. The van der Waals surface area contributed by atoms with Gasteiger partial charge in [-0.1, -0.05) is 31.2 Å². The molecule has 204 valence electrons. The minimum atomic E-state index is -5.75. The van der Waals surface area contributed by atoms with Gasteiger partial charge in [-0.2, -0.15) is 25.9 Å². The SMILES string of the molecule is COc1ccc(CN(Cc2ccc(OC)cc2)S(=O)(=O)C[C@@H](C)C2C=C(OS(=O)(=O)C(F)(F)F)C2)cc1. The van der Waals surface area contributed by atoms with Gasteiger partial charge >= 0.3 is 15.6 Å². The summed E-state index contributed by atoms with van der Waals surface area (Å²) in [5.41, 5.74) is -4.05. The predicted molar refractivity (Wildman–Crippen MR) is 130 cm³/mol. The van der Waals surface area contributed by atoms with Crippen molar-refractivity contribution < 1.29 is 43.7 Å². The summed E-state index contributed by atoms with van der Waals surface area (Å²) in [5.74, 6) is -0.328. The number of sulfonamides is 1. The standard InChI is InChI=1S/C24H28F3NO7S2/c1-17(20-12-23(13-20)35-37(31,32)24(25,26)27)16-36(29,30)28(14-18-4-8-21(33-2)9-5-18)15-19-6-10-22(34-3)11-7-19/h4-12,17,20H,13-16H2,1-3H3/t17-,20?/m1/s1. The maximum atomic E-state index is 13.5. The molecule has 0 saturated heterocycles. The van der Waals surface area contributed by atoms with Crippen LogP contribution in [-0.4, -0.2) is 46.6 Å². The maximum absolute atomic E-state index is 13.5. The van der Waals surface area contributed by atoms with E-state index in [4.69, 9.17) is 9.47 Å². The van der Waals surface area contributed by atoms with Crippen molar-refractivity contribution in [2.45, 2.75) is 31.9 Å². The summed E-state index contributed by atoms with van der Waals surface area (Å²) in [5, 5.41) is 0. The molecule has 13 heteroatoms. The molecule has 0 amide bonds. The molecular formula is C24H28F3NO7S2. The third-order valence-electron chi connectivity index (χ3n) is 5.97. The molecule has 8 nitrogen and oxygen atoms in total. The van der Waals surface area contributed by atoms with Gasteiger partial charge in [-0.15, -0.1) is 0 Å². The lowest BCUT2D eigenvalue weighted by Gasteiger charge is -2.31. The van der Waals surface area contributed by atoms with E-state index in [1.165, 1.54) is 24.6 Å². The van der Waals surface area contributed by atoms with Gasteiger partial charge in [-0.3, -0.25) is 0 Å². The van der Waals surface area contributed by atoms with Crippen LogP contribution < -0.4 is 9.47 Å². The number of allylic oxidation sites excluding steroid dienone is 2. The van der Waals surface area contributed by atoms with Crippen molar-refractivity contribution in [3.05, 3.63) is 71.5 Å². The molecule has 0 saturated carbocycles. The molecule has 1 aliphatic rings. The lowest BCUT2D eigenvalue weighted by molar-refractivity contribution is -0.0527. The molecular weight excluding hydrogens is 535 g/mol. The molecule has 0 N–H and O–H groups in total. The monoisotopic (exact) mass is 563 g/mol. The number of ether oxygens (including phenoxy) is 2. The molecule has 0 spiro atoms. The van der Waals surface area contributed by atoms with Crippen LogP contribution in [0.1, 0.15) is 24.5 Å². The quantitative estimate of drug-likeness (QED) is 0.278. The zero-order chi connectivity index (χ0) is 27.4. The van der Waals surface area contributed by atoms with Gasteiger partial charge in [0, 0.05) is 19.5 Å². The highest BCUT2D eigenvalue weighted by atomic mass is 32.2. The predicted octanol–water partition coefficient (Wildman–Crippen LogP) is 4.44. The minimum absolute atomic E-state index is 0.0871. The van der Waals surface area contributed by atoms with E-state index < -0.39 is 37.5 Å². The summed E-state index contributed by atoms with van der Waals surface area (Å²) in [7, 11) is -6.53. The molecule has 37 heavy (non-hydrogen) atoms. The highest BCUT2D eigenvalue weighted by Gasteiger charge is 2.49. The Morgan fingerprint density at radius 1 is 0.892 bits per heavy atom. The smallest absolute Gasteiger partial charge is 0.497 e. The van der Waals surface area contributed by atoms with E-state index in [9.17, 15) is 30.0 Å². The van der Waals surface area contributed by atoms with Crippen molar-refractivity contribution in [2.24, 2.45) is 11.8 Å². The zero-order valence-electron chi connectivity index (χ0n) is 20.4. The highest BCUT2D eigenvalue weighted by molar-refractivity contribution is 7.89. The zero-order valence-corrected chi connectivity index (χ0v) is 22.1. The van der Waals surface area contributed by atoms with Crippen LogP contribution >= 0.6 is 0 Å². The maximum Gasteiger partial charge on any atom is 0.534 e. The van der Waals surface area contributed by atoms with E-state index in [-0.39, 0.29) is 31.0 Å². The van der Waals surface area contributed by atoms with Gasteiger partial charge in [0.2, 0.25) is 10.0 Å². The summed E-state index contributed by atoms with van der Waals surface area (Å²) >= 11 is 0. The third-order valence-corrected chi connectivity index (χ3v) is 8.96. The summed E-state index contributed by atoms with van der Waals surface area (Å²) < 4.78 is 103. The van der Waals surface area contributed by atoms with Gasteiger partial charge in [0.15, 0.2) is 0 Å². The van der Waals surface area contributed by atoms with Gasteiger partial charge in [0.05, 0.1) is 20.0 Å². The molecule has 0 aliphatic heterocycles. The van der Waals surface area contributed by atoms with Gasteiger partial charge in [-0.25, -0.2) is 8.42 Å². The van der Waals surface area contributed by atoms with E-state index in [1.54, 1.807) is 55.5 Å².